The van der Waals surface area contributed by atoms with Gasteiger partial charge in [-0.2, -0.15) is 5.10 Å². The second kappa shape index (κ2) is 7.43. The molecule has 1 aliphatic carbocycles. The van der Waals surface area contributed by atoms with Crippen LogP contribution in [0.4, 0.5) is 0 Å². The molecule has 0 aliphatic heterocycles. The molecule has 0 atom stereocenters. The summed E-state index contributed by atoms with van der Waals surface area (Å²) in [6, 6.07) is 8.68. The SMILES string of the molecule is O=C(C=NNC(=O)c1ccccc1)OC1CCCCC1. The van der Waals surface area contributed by atoms with Crippen LogP contribution in [0.2, 0.25) is 0 Å². The van der Waals surface area contributed by atoms with Crippen LogP contribution in [0.25, 0.3) is 0 Å². The first kappa shape index (κ1) is 14.2. The summed E-state index contributed by atoms with van der Waals surface area (Å²) in [4.78, 5) is 23.1. The Hall–Kier alpha value is -2.17. The second-order valence-electron chi connectivity index (χ2n) is 4.76. The van der Waals surface area contributed by atoms with Crippen molar-refractivity contribution >= 4 is 18.1 Å². The van der Waals surface area contributed by atoms with Crippen LogP contribution in [0.5, 0.6) is 0 Å². The lowest BCUT2D eigenvalue weighted by Crippen LogP contribution is -2.23. The molecule has 1 aliphatic rings. The van der Waals surface area contributed by atoms with Gasteiger partial charge >= 0.3 is 5.97 Å². The van der Waals surface area contributed by atoms with Gasteiger partial charge in [-0.15, -0.1) is 0 Å². The van der Waals surface area contributed by atoms with Gasteiger partial charge in [0.1, 0.15) is 12.3 Å². The highest BCUT2D eigenvalue weighted by atomic mass is 16.5. The van der Waals surface area contributed by atoms with Crippen molar-refractivity contribution in [2.45, 2.75) is 38.2 Å². The molecule has 0 radical (unpaired) electrons. The van der Waals surface area contributed by atoms with Crippen molar-refractivity contribution in [3.8, 4) is 0 Å². The summed E-state index contributed by atoms with van der Waals surface area (Å²) >= 11 is 0. The highest BCUT2D eigenvalue weighted by molar-refractivity contribution is 6.23. The van der Waals surface area contributed by atoms with E-state index in [1.54, 1.807) is 24.3 Å². The molecule has 0 unspecified atom stereocenters. The van der Waals surface area contributed by atoms with Crippen molar-refractivity contribution in [1.82, 2.24) is 5.43 Å². The standard InChI is InChI=1S/C15H18N2O3/c18-14(20-13-9-5-2-6-10-13)11-16-17-15(19)12-7-3-1-4-8-12/h1,3-4,7-8,11,13H,2,5-6,9-10H2,(H,17,19). The largest absolute Gasteiger partial charge is 0.458 e. The third-order valence-electron chi connectivity index (χ3n) is 3.21. The molecule has 1 aromatic carbocycles. The fourth-order valence-corrected chi connectivity index (χ4v) is 2.18. The van der Waals surface area contributed by atoms with Crippen LogP contribution in [0, 0.1) is 0 Å². The van der Waals surface area contributed by atoms with Gasteiger partial charge in [0.05, 0.1) is 0 Å². The number of nitrogens with one attached hydrogen (secondary N) is 1. The molecule has 5 heteroatoms. The fourth-order valence-electron chi connectivity index (χ4n) is 2.18. The molecule has 1 aromatic rings. The van der Waals surface area contributed by atoms with Gasteiger partial charge in [-0.25, -0.2) is 10.2 Å². The maximum Gasteiger partial charge on any atom is 0.351 e. The molecule has 1 fully saturated rings. The van der Waals surface area contributed by atoms with E-state index in [1.165, 1.54) is 6.42 Å². The summed E-state index contributed by atoms with van der Waals surface area (Å²) < 4.78 is 5.24. The topological polar surface area (TPSA) is 67.8 Å². The van der Waals surface area contributed by atoms with E-state index >= 15 is 0 Å². The predicted molar refractivity (Wildman–Crippen MR) is 75.4 cm³/mol. The molecule has 2 rings (SSSR count). The van der Waals surface area contributed by atoms with E-state index in [9.17, 15) is 9.59 Å². The van der Waals surface area contributed by atoms with Gasteiger partial charge in [0.25, 0.3) is 5.91 Å². The van der Waals surface area contributed by atoms with Crippen molar-refractivity contribution in [3.63, 3.8) is 0 Å². The second-order valence-corrected chi connectivity index (χ2v) is 4.76. The van der Waals surface area contributed by atoms with Crippen molar-refractivity contribution in [2.24, 2.45) is 5.10 Å². The van der Waals surface area contributed by atoms with E-state index in [1.807, 2.05) is 6.07 Å². The Morgan fingerprint density at radius 2 is 1.85 bits per heavy atom. The summed E-state index contributed by atoms with van der Waals surface area (Å²) in [5.41, 5.74) is 2.79. The lowest BCUT2D eigenvalue weighted by atomic mass is 9.98. The van der Waals surface area contributed by atoms with Gasteiger partial charge in [-0.3, -0.25) is 4.79 Å². The quantitative estimate of drug-likeness (QED) is 0.520. The number of hydrogen-bond donors (Lipinski definition) is 1. The summed E-state index contributed by atoms with van der Waals surface area (Å²) in [5, 5.41) is 3.61. The summed E-state index contributed by atoms with van der Waals surface area (Å²) in [6.45, 7) is 0. The predicted octanol–water partition coefficient (Wildman–Crippen LogP) is 2.28. The third kappa shape index (κ3) is 4.50. The monoisotopic (exact) mass is 274 g/mol. The molecule has 106 valence electrons. The zero-order valence-corrected chi connectivity index (χ0v) is 11.2. The average molecular weight is 274 g/mol. The molecule has 0 aromatic heterocycles. The van der Waals surface area contributed by atoms with Crippen molar-refractivity contribution < 1.29 is 14.3 Å². The first-order valence-electron chi connectivity index (χ1n) is 6.85. The Kier molecular flexibility index (Phi) is 5.29. The van der Waals surface area contributed by atoms with Gasteiger partial charge in [-0.1, -0.05) is 24.6 Å². The number of rotatable bonds is 4. The zero-order chi connectivity index (χ0) is 14.2. The van der Waals surface area contributed by atoms with E-state index in [0.717, 1.165) is 31.9 Å². The Morgan fingerprint density at radius 3 is 2.55 bits per heavy atom. The van der Waals surface area contributed by atoms with E-state index in [-0.39, 0.29) is 12.0 Å². The van der Waals surface area contributed by atoms with Crippen molar-refractivity contribution in [3.05, 3.63) is 35.9 Å². The molecule has 5 nitrogen and oxygen atoms in total. The molecular weight excluding hydrogens is 256 g/mol. The van der Waals surface area contributed by atoms with Crippen LogP contribution < -0.4 is 5.43 Å². The number of amides is 1. The first-order chi connectivity index (χ1) is 9.75. The smallest absolute Gasteiger partial charge is 0.351 e. The normalized spacial score (nSPS) is 16.0. The number of ether oxygens (including phenoxy) is 1. The number of nitrogens with zero attached hydrogens (tertiary/aromatic N) is 1. The lowest BCUT2D eigenvalue weighted by Gasteiger charge is -2.20. The fraction of sp³-hybridized carbons (Fsp3) is 0.400. The number of carbonyl (C=O) groups is 2. The molecule has 1 N–H and O–H groups in total. The van der Waals surface area contributed by atoms with E-state index < -0.39 is 5.97 Å². The van der Waals surface area contributed by atoms with Crippen LogP contribution in [-0.4, -0.2) is 24.2 Å². The minimum atomic E-state index is -0.509. The minimum Gasteiger partial charge on any atom is -0.458 e. The van der Waals surface area contributed by atoms with Crippen molar-refractivity contribution in [2.75, 3.05) is 0 Å². The van der Waals surface area contributed by atoms with Crippen LogP contribution >= 0.6 is 0 Å². The van der Waals surface area contributed by atoms with Crippen LogP contribution in [0.1, 0.15) is 42.5 Å². The average Bonchev–Trinajstić information content (AvgIpc) is 2.49. The number of hydrazone groups is 1. The van der Waals surface area contributed by atoms with Crippen molar-refractivity contribution in [1.29, 1.82) is 0 Å². The van der Waals surface area contributed by atoms with Gasteiger partial charge in [0.2, 0.25) is 0 Å². The molecule has 0 bridgehead atoms. The molecular formula is C15H18N2O3. The van der Waals surface area contributed by atoms with E-state index in [2.05, 4.69) is 10.5 Å². The van der Waals surface area contributed by atoms with Crippen LogP contribution in [0.3, 0.4) is 0 Å². The van der Waals surface area contributed by atoms with Gasteiger partial charge in [0.15, 0.2) is 0 Å². The maximum atomic E-state index is 11.6. The van der Waals surface area contributed by atoms with Gasteiger partial charge in [0, 0.05) is 5.56 Å². The Balaban J connectivity index is 1.75. The van der Waals surface area contributed by atoms with E-state index in [4.69, 9.17) is 4.74 Å². The first-order valence-corrected chi connectivity index (χ1v) is 6.85. The summed E-state index contributed by atoms with van der Waals surface area (Å²) in [5.74, 6) is -0.863. The number of carbonyl (C=O) groups excluding carboxylic acids is 2. The number of benzene rings is 1. The molecule has 0 spiro atoms. The number of esters is 1. The number of hydrogen-bond acceptors (Lipinski definition) is 4. The molecule has 0 saturated heterocycles. The Labute approximate surface area is 118 Å². The zero-order valence-electron chi connectivity index (χ0n) is 11.2. The molecule has 0 heterocycles. The Bertz CT molecular complexity index is 479. The minimum absolute atomic E-state index is 0.00692. The Morgan fingerprint density at radius 1 is 1.15 bits per heavy atom. The van der Waals surface area contributed by atoms with Gasteiger partial charge in [-0.05, 0) is 37.8 Å². The third-order valence-corrected chi connectivity index (χ3v) is 3.21. The molecule has 20 heavy (non-hydrogen) atoms. The van der Waals surface area contributed by atoms with Crippen LogP contribution in [0.15, 0.2) is 35.4 Å². The highest BCUT2D eigenvalue weighted by Gasteiger charge is 2.16. The van der Waals surface area contributed by atoms with E-state index in [0.29, 0.717) is 5.56 Å². The maximum absolute atomic E-state index is 11.6. The van der Waals surface area contributed by atoms with Gasteiger partial charge < -0.3 is 4.74 Å². The summed E-state index contributed by atoms with van der Waals surface area (Å²) in [7, 11) is 0. The van der Waals surface area contributed by atoms with Crippen LogP contribution in [-0.2, 0) is 9.53 Å². The molecule has 1 amide bonds. The summed E-state index contributed by atoms with van der Waals surface area (Å²) in [6.07, 6.45) is 6.23. The molecule has 1 saturated carbocycles. The lowest BCUT2D eigenvalue weighted by molar-refractivity contribution is -0.141. The highest BCUT2D eigenvalue weighted by Crippen LogP contribution is 2.19.